The van der Waals surface area contributed by atoms with E-state index in [9.17, 15) is 10.1 Å². The number of hydrogen-bond donors (Lipinski definition) is 1. The minimum Gasteiger partial charge on any atom is -0.461 e. The lowest BCUT2D eigenvalue weighted by molar-refractivity contribution is -0.138. The van der Waals surface area contributed by atoms with Gasteiger partial charge >= 0.3 is 5.97 Å². The van der Waals surface area contributed by atoms with Crippen molar-refractivity contribution in [3.63, 3.8) is 0 Å². The van der Waals surface area contributed by atoms with Gasteiger partial charge in [0, 0.05) is 26.7 Å². The minimum atomic E-state index is -0.581. The summed E-state index contributed by atoms with van der Waals surface area (Å²) in [5.41, 5.74) is 2.17. The van der Waals surface area contributed by atoms with E-state index in [1.54, 1.807) is 7.11 Å². The van der Waals surface area contributed by atoms with Gasteiger partial charge in [-0.1, -0.05) is 11.6 Å². The van der Waals surface area contributed by atoms with Crippen LogP contribution < -0.4 is 0 Å². The van der Waals surface area contributed by atoms with E-state index in [-0.39, 0.29) is 18.8 Å². The maximum atomic E-state index is 11.9. The number of hydrogen-bond acceptors (Lipinski definition) is 5. The van der Waals surface area contributed by atoms with Gasteiger partial charge in [-0.3, -0.25) is 0 Å². The first-order chi connectivity index (χ1) is 10.7. The highest BCUT2D eigenvalue weighted by Gasteiger charge is 2.18. The molecule has 0 bridgehead atoms. The number of aliphatic hydroxyl groups is 1. The number of esters is 1. The fourth-order valence-electron chi connectivity index (χ4n) is 2.44. The average molecular weight is 307 g/mol. The van der Waals surface area contributed by atoms with Crippen LogP contribution in [0.4, 0.5) is 0 Å². The lowest BCUT2D eigenvalue weighted by Gasteiger charge is -2.16. The molecule has 0 aromatic carbocycles. The first-order valence-corrected chi connectivity index (χ1v) is 7.82. The fraction of sp³-hybridized carbons (Fsp3) is 0.647. The molecule has 0 unspecified atom stereocenters. The molecule has 0 radical (unpaired) electrons. The summed E-state index contributed by atoms with van der Waals surface area (Å²) in [6.45, 7) is 0.870. The molecule has 0 spiro atoms. The van der Waals surface area contributed by atoms with Gasteiger partial charge in [0.15, 0.2) is 0 Å². The Morgan fingerprint density at radius 1 is 1.32 bits per heavy atom. The first-order valence-electron chi connectivity index (χ1n) is 7.82. The standard InChI is InChI=1S/C17H25NO4/c1-21-10-3-2-6-14-7-4-8-15(12-14)16(13-18)17(20)22-11-5-9-19/h12,19H,2-11H2,1H3/b16-15-. The average Bonchev–Trinajstić information content (AvgIpc) is 2.53. The Morgan fingerprint density at radius 2 is 2.14 bits per heavy atom. The monoisotopic (exact) mass is 307 g/mol. The largest absolute Gasteiger partial charge is 0.461 e. The number of nitriles is 1. The molecule has 0 saturated heterocycles. The van der Waals surface area contributed by atoms with E-state index in [1.165, 1.54) is 5.57 Å². The summed E-state index contributed by atoms with van der Waals surface area (Å²) in [4.78, 5) is 11.9. The number of nitrogens with zero attached hydrogens (tertiary/aromatic N) is 1. The van der Waals surface area contributed by atoms with Crippen LogP contribution in [0.15, 0.2) is 22.8 Å². The van der Waals surface area contributed by atoms with Crippen molar-refractivity contribution < 1.29 is 19.4 Å². The number of methoxy groups -OCH3 is 1. The summed E-state index contributed by atoms with van der Waals surface area (Å²) in [7, 11) is 1.70. The molecule has 1 aliphatic carbocycles. The maximum absolute atomic E-state index is 11.9. The van der Waals surface area contributed by atoms with Gasteiger partial charge in [0.1, 0.15) is 11.6 Å². The van der Waals surface area contributed by atoms with Crippen molar-refractivity contribution in [3.8, 4) is 6.07 Å². The predicted molar refractivity (Wildman–Crippen MR) is 83.0 cm³/mol. The maximum Gasteiger partial charge on any atom is 0.349 e. The third-order valence-electron chi connectivity index (χ3n) is 3.59. The van der Waals surface area contributed by atoms with Gasteiger partial charge in [-0.2, -0.15) is 5.26 Å². The van der Waals surface area contributed by atoms with Crippen molar-refractivity contribution in [2.45, 2.75) is 44.9 Å². The molecule has 0 aromatic heterocycles. The summed E-state index contributed by atoms with van der Waals surface area (Å²) in [6, 6.07) is 1.97. The zero-order chi connectivity index (χ0) is 16.2. The Morgan fingerprint density at radius 3 is 2.82 bits per heavy atom. The molecule has 0 aromatic rings. The summed E-state index contributed by atoms with van der Waals surface area (Å²) in [5.74, 6) is -0.581. The molecule has 5 nitrogen and oxygen atoms in total. The van der Waals surface area contributed by atoms with Crippen LogP contribution in [-0.2, 0) is 14.3 Å². The second kappa shape index (κ2) is 11.0. The van der Waals surface area contributed by atoms with Crippen LogP contribution in [0.2, 0.25) is 0 Å². The predicted octanol–water partition coefficient (Wildman–Crippen LogP) is 2.66. The lowest BCUT2D eigenvalue weighted by Crippen LogP contribution is -2.12. The molecule has 22 heavy (non-hydrogen) atoms. The van der Waals surface area contributed by atoms with Crippen molar-refractivity contribution in [1.29, 1.82) is 5.26 Å². The Hall–Kier alpha value is -1.64. The van der Waals surface area contributed by atoms with E-state index in [0.717, 1.165) is 50.7 Å². The third kappa shape index (κ3) is 6.42. The third-order valence-corrected chi connectivity index (χ3v) is 3.59. The van der Waals surface area contributed by atoms with E-state index in [2.05, 4.69) is 0 Å². The van der Waals surface area contributed by atoms with Crippen LogP contribution in [0, 0.1) is 11.3 Å². The lowest BCUT2D eigenvalue weighted by atomic mass is 9.90. The second-order valence-corrected chi connectivity index (χ2v) is 5.33. The van der Waals surface area contributed by atoms with Crippen LogP contribution in [0.1, 0.15) is 44.9 Å². The van der Waals surface area contributed by atoms with Crippen molar-refractivity contribution in [1.82, 2.24) is 0 Å². The molecular weight excluding hydrogens is 282 g/mol. The molecule has 1 rings (SSSR count). The van der Waals surface area contributed by atoms with Gasteiger partial charge in [0.2, 0.25) is 0 Å². The number of ether oxygens (including phenoxy) is 2. The number of unbranched alkanes of at least 4 members (excludes halogenated alkanes) is 1. The molecule has 1 aliphatic rings. The van der Waals surface area contributed by atoms with Crippen molar-refractivity contribution in [3.05, 3.63) is 22.8 Å². The smallest absolute Gasteiger partial charge is 0.349 e. The van der Waals surface area contributed by atoms with Crippen LogP contribution in [0.5, 0.6) is 0 Å². The summed E-state index contributed by atoms with van der Waals surface area (Å²) in [6.07, 6.45) is 8.14. The number of aliphatic hydroxyl groups excluding tert-OH is 1. The summed E-state index contributed by atoms with van der Waals surface area (Å²) < 4.78 is 10.0. The highest BCUT2D eigenvalue weighted by Crippen LogP contribution is 2.28. The van der Waals surface area contributed by atoms with E-state index >= 15 is 0 Å². The molecule has 122 valence electrons. The van der Waals surface area contributed by atoms with E-state index < -0.39 is 5.97 Å². The number of carbonyl (C=O) groups excluding carboxylic acids is 1. The van der Waals surface area contributed by atoms with E-state index in [0.29, 0.717) is 6.42 Å². The molecule has 0 saturated carbocycles. The van der Waals surface area contributed by atoms with Crippen LogP contribution in [0.25, 0.3) is 0 Å². The first kappa shape index (κ1) is 18.4. The highest BCUT2D eigenvalue weighted by molar-refractivity contribution is 5.94. The SMILES string of the molecule is COCCCCC1=C/C(=C(/C#N)C(=O)OCCCO)CCC1. The quantitative estimate of drug-likeness (QED) is 0.306. The zero-order valence-electron chi connectivity index (χ0n) is 13.3. The number of carbonyl (C=O) groups is 1. The zero-order valence-corrected chi connectivity index (χ0v) is 13.3. The Bertz CT molecular complexity index is 460. The van der Waals surface area contributed by atoms with Crippen LogP contribution in [0.3, 0.4) is 0 Å². The molecule has 0 aliphatic heterocycles. The van der Waals surface area contributed by atoms with Crippen molar-refractivity contribution in [2.24, 2.45) is 0 Å². The van der Waals surface area contributed by atoms with Gasteiger partial charge in [0.05, 0.1) is 6.61 Å². The second-order valence-electron chi connectivity index (χ2n) is 5.33. The van der Waals surface area contributed by atoms with Gasteiger partial charge in [-0.05, 0) is 44.1 Å². The topological polar surface area (TPSA) is 79.5 Å². The van der Waals surface area contributed by atoms with Gasteiger partial charge in [-0.25, -0.2) is 4.79 Å². The molecule has 0 heterocycles. The molecule has 0 amide bonds. The van der Waals surface area contributed by atoms with E-state index in [1.807, 2.05) is 12.1 Å². The Balaban J connectivity index is 2.68. The summed E-state index contributed by atoms with van der Waals surface area (Å²) >= 11 is 0. The summed E-state index contributed by atoms with van der Waals surface area (Å²) in [5, 5.41) is 17.9. The van der Waals surface area contributed by atoms with Crippen LogP contribution in [-0.4, -0.2) is 38.0 Å². The van der Waals surface area contributed by atoms with Gasteiger partial charge in [0.25, 0.3) is 0 Å². The van der Waals surface area contributed by atoms with Crippen molar-refractivity contribution >= 4 is 5.97 Å². The molecular formula is C17H25NO4. The van der Waals surface area contributed by atoms with Crippen LogP contribution >= 0.6 is 0 Å². The molecule has 1 N–H and O–H groups in total. The number of allylic oxidation sites excluding steroid dienone is 3. The Labute approximate surface area is 132 Å². The molecule has 0 atom stereocenters. The Kier molecular flexibility index (Phi) is 9.20. The van der Waals surface area contributed by atoms with Gasteiger partial charge in [-0.15, -0.1) is 0 Å². The molecule has 5 heteroatoms. The van der Waals surface area contributed by atoms with Gasteiger partial charge < -0.3 is 14.6 Å². The fourth-order valence-corrected chi connectivity index (χ4v) is 2.44. The van der Waals surface area contributed by atoms with E-state index in [4.69, 9.17) is 14.6 Å². The number of rotatable bonds is 9. The normalized spacial score (nSPS) is 16.7. The van der Waals surface area contributed by atoms with Crippen molar-refractivity contribution in [2.75, 3.05) is 26.9 Å². The minimum absolute atomic E-state index is 0.0305. The highest BCUT2D eigenvalue weighted by atomic mass is 16.5. The molecule has 0 fully saturated rings.